The van der Waals surface area contributed by atoms with Crippen LogP contribution in [0, 0.1) is 5.41 Å². The topological polar surface area (TPSA) is 26.3 Å². The van der Waals surface area contributed by atoms with Gasteiger partial charge in [0.15, 0.2) is 5.78 Å². The summed E-state index contributed by atoms with van der Waals surface area (Å²) in [6, 6.07) is 20.8. The molecule has 3 aromatic carbocycles. The number of rotatable bonds is 1. The Kier molecular flexibility index (Phi) is 3.99. The lowest BCUT2D eigenvalue weighted by Crippen LogP contribution is -2.33. The van der Waals surface area contributed by atoms with Gasteiger partial charge in [-0.05, 0) is 39.9 Å². The van der Waals surface area contributed by atoms with Crippen LogP contribution in [0.5, 0.6) is 5.75 Å². The van der Waals surface area contributed by atoms with Crippen molar-refractivity contribution in [2.75, 3.05) is 0 Å². The van der Waals surface area contributed by atoms with Crippen molar-refractivity contribution in [1.29, 1.82) is 0 Å². The molecule has 3 aromatic rings. The van der Waals surface area contributed by atoms with Crippen LogP contribution in [0.1, 0.15) is 43.7 Å². The number of hydrogen-bond donors (Lipinski definition) is 0. The molecule has 1 aliphatic heterocycles. The van der Waals surface area contributed by atoms with Crippen LogP contribution in [0.25, 0.3) is 10.8 Å². The summed E-state index contributed by atoms with van der Waals surface area (Å²) in [6.07, 6.45) is 1.34. The first-order valence-corrected chi connectivity index (χ1v) is 10.4. The zero-order valence-corrected chi connectivity index (χ0v) is 17.5. The summed E-state index contributed by atoms with van der Waals surface area (Å²) in [5.74, 6) is 1.83. The van der Waals surface area contributed by atoms with E-state index in [9.17, 15) is 4.79 Å². The summed E-state index contributed by atoms with van der Waals surface area (Å²) in [7, 11) is 0. The van der Waals surface area contributed by atoms with Gasteiger partial charge < -0.3 is 4.74 Å². The number of Topliss-reactive ketones (excluding diaryl/α,β-unsaturated/α-hetero) is 1. The standard InChI is InChI=1S/C25H21BrO2/c1-25(2)13-19(27)24-21(14-25)28-20-12-9-15-5-3-4-6-18(15)23(20)22(24)16-7-10-17(26)11-8-16/h3-12,22H,13-14H2,1-2H3. The Morgan fingerprint density at radius 2 is 1.71 bits per heavy atom. The fraction of sp³-hybridized carbons (Fsp3) is 0.240. The number of ketones is 1. The summed E-state index contributed by atoms with van der Waals surface area (Å²) in [4.78, 5) is 13.3. The molecule has 0 amide bonds. The number of halogens is 1. The number of fused-ring (bicyclic) bond motifs is 3. The normalized spacial score (nSPS) is 20.5. The number of carbonyl (C=O) groups is 1. The SMILES string of the molecule is CC1(C)CC(=O)C2=C(C1)Oc1ccc3ccccc3c1C2c1ccc(Br)cc1. The lowest BCUT2D eigenvalue weighted by Gasteiger charge is -2.38. The average Bonchev–Trinajstić information content (AvgIpc) is 2.66. The molecular weight excluding hydrogens is 412 g/mol. The van der Waals surface area contributed by atoms with E-state index in [1.54, 1.807) is 0 Å². The molecule has 140 valence electrons. The molecule has 0 N–H and O–H groups in total. The van der Waals surface area contributed by atoms with E-state index in [0.717, 1.165) is 44.5 Å². The number of carbonyl (C=O) groups excluding carboxylic acids is 1. The summed E-state index contributed by atoms with van der Waals surface area (Å²) >= 11 is 3.53. The van der Waals surface area contributed by atoms with E-state index in [-0.39, 0.29) is 17.1 Å². The molecule has 1 heterocycles. The summed E-state index contributed by atoms with van der Waals surface area (Å²) < 4.78 is 7.41. The van der Waals surface area contributed by atoms with E-state index >= 15 is 0 Å². The van der Waals surface area contributed by atoms with Crippen LogP contribution < -0.4 is 4.74 Å². The third kappa shape index (κ3) is 2.80. The number of ether oxygens (including phenoxy) is 1. The molecule has 28 heavy (non-hydrogen) atoms. The van der Waals surface area contributed by atoms with Gasteiger partial charge in [0.1, 0.15) is 11.5 Å². The van der Waals surface area contributed by atoms with Gasteiger partial charge in [0, 0.05) is 34.4 Å². The van der Waals surface area contributed by atoms with Gasteiger partial charge in [-0.15, -0.1) is 0 Å². The minimum absolute atomic E-state index is 0.0749. The van der Waals surface area contributed by atoms with Gasteiger partial charge in [-0.25, -0.2) is 0 Å². The van der Waals surface area contributed by atoms with Crippen molar-refractivity contribution >= 4 is 32.5 Å². The molecule has 0 saturated heterocycles. The maximum Gasteiger partial charge on any atom is 0.163 e. The van der Waals surface area contributed by atoms with Gasteiger partial charge >= 0.3 is 0 Å². The Hall–Kier alpha value is -2.39. The van der Waals surface area contributed by atoms with Crippen LogP contribution in [0.2, 0.25) is 0 Å². The second-order valence-corrected chi connectivity index (χ2v) is 9.48. The first-order chi connectivity index (χ1) is 13.4. The van der Waals surface area contributed by atoms with Gasteiger partial charge in [-0.1, -0.05) is 72.2 Å². The molecule has 2 aliphatic rings. The first-order valence-electron chi connectivity index (χ1n) is 9.64. The lowest BCUT2D eigenvalue weighted by molar-refractivity contribution is -0.118. The van der Waals surface area contributed by atoms with Gasteiger partial charge in [0.05, 0.1) is 0 Å². The summed E-state index contributed by atoms with van der Waals surface area (Å²) in [5, 5.41) is 2.32. The zero-order valence-electron chi connectivity index (χ0n) is 16.0. The Labute approximate surface area is 173 Å². The minimum Gasteiger partial charge on any atom is -0.461 e. The molecule has 0 saturated carbocycles. The molecule has 5 rings (SSSR count). The maximum absolute atomic E-state index is 13.3. The molecule has 1 aliphatic carbocycles. The Morgan fingerprint density at radius 3 is 2.50 bits per heavy atom. The van der Waals surface area contributed by atoms with Crippen molar-refractivity contribution < 1.29 is 9.53 Å². The van der Waals surface area contributed by atoms with Crippen molar-refractivity contribution in [3.63, 3.8) is 0 Å². The molecule has 0 aromatic heterocycles. The molecular formula is C25H21BrO2. The molecule has 0 radical (unpaired) electrons. The van der Waals surface area contributed by atoms with Crippen LogP contribution in [-0.2, 0) is 4.79 Å². The van der Waals surface area contributed by atoms with Gasteiger partial charge in [-0.2, -0.15) is 0 Å². The van der Waals surface area contributed by atoms with Crippen molar-refractivity contribution in [2.24, 2.45) is 5.41 Å². The van der Waals surface area contributed by atoms with Crippen LogP contribution in [-0.4, -0.2) is 5.78 Å². The third-order valence-electron chi connectivity index (χ3n) is 5.82. The van der Waals surface area contributed by atoms with E-state index < -0.39 is 0 Å². The van der Waals surface area contributed by atoms with Crippen LogP contribution in [0.15, 0.2) is 76.5 Å². The van der Waals surface area contributed by atoms with Crippen LogP contribution in [0.4, 0.5) is 0 Å². The highest BCUT2D eigenvalue weighted by atomic mass is 79.9. The minimum atomic E-state index is -0.0958. The quantitative estimate of drug-likeness (QED) is 0.423. The number of hydrogen-bond acceptors (Lipinski definition) is 2. The van der Waals surface area contributed by atoms with E-state index in [1.165, 1.54) is 5.39 Å². The second kappa shape index (κ2) is 6.31. The summed E-state index contributed by atoms with van der Waals surface area (Å²) in [5.41, 5.74) is 3.00. The lowest BCUT2D eigenvalue weighted by atomic mass is 9.69. The highest BCUT2D eigenvalue weighted by Gasteiger charge is 2.42. The zero-order chi connectivity index (χ0) is 19.5. The molecule has 0 fully saturated rings. The highest BCUT2D eigenvalue weighted by Crippen LogP contribution is 2.51. The molecule has 1 unspecified atom stereocenters. The Bertz CT molecular complexity index is 1140. The molecule has 0 bridgehead atoms. The Morgan fingerprint density at radius 1 is 0.964 bits per heavy atom. The van der Waals surface area contributed by atoms with E-state index in [0.29, 0.717) is 6.42 Å². The average molecular weight is 433 g/mol. The maximum atomic E-state index is 13.3. The molecule has 0 spiro atoms. The third-order valence-corrected chi connectivity index (χ3v) is 6.35. The van der Waals surface area contributed by atoms with Crippen molar-refractivity contribution in [1.82, 2.24) is 0 Å². The van der Waals surface area contributed by atoms with Crippen molar-refractivity contribution in [2.45, 2.75) is 32.6 Å². The number of allylic oxidation sites excluding steroid dienone is 2. The van der Waals surface area contributed by atoms with E-state index in [1.807, 2.05) is 18.2 Å². The molecule has 3 heteroatoms. The van der Waals surface area contributed by atoms with Gasteiger partial charge in [-0.3, -0.25) is 4.79 Å². The number of benzene rings is 3. The fourth-order valence-electron chi connectivity index (χ4n) is 4.62. The predicted molar refractivity (Wildman–Crippen MR) is 116 cm³/mol. The molecule has 1 atom stereocenters. The largest absolute Gasteiger partial charge is 0.461 e. The molecule has 2 nitrogen and oxygen atoms in total. The predicted octanol–water partition coefficient (Wildman–Crippen LogP) is 6.77. The van der Waals surface area contributed by atoms with Crippen LogP contribution >= 0.6 is 15.9 Å². The highest BCUT2D eigenvalue weighted by molar-refractivity contribution is 9.10. The van der Waals surface area contributed by atoms with E-state index in [2.05, 4.69) is 72.2 Å². The fourth-order valence-corrected chi connectivity index (χ4v) is 4.88. The first kappa shape index (κ1) is 17.7. The second-order valence-electron chi connectivity index (χ2n) is 8.56. The Balaban J connectivity index is 1.81. The van der Waals surface area contributed by atoms with E-state index in [4.69, 9.17) is 4.74 Å². The van der Waals surface area contributed by atoms with Crippen molar-refractivity contribution in [3.8, 4) is 5.75 Å². The van der Waals surface area contributed by atoms with Crippen molar-refractivity contribution in [3.05, 3.63) is 87.6 Å². The monoisotopic (exact) mass is 432 g/mol. The smallest absolute Gasteiger partial charge is 0.163 e. The summed E-state index contributed by atoms with van der Waals surface area (Å²) in [6.45, 7) is 4.28. The van der Waals surface area contributed by atoms with Gasteiger partial charge in [0.25, 0.3) is 0 Å². The van der Waals surface area contributed by atoms with Crippen LogP contribution in [0.3, 0.4) is 0 Å². The van der Waals surface area contributed by atoms with Gasteiger partial charge in [0.2, 0.25) is 0 Å².